The predicted molar refractivity (Wildman–Crippen MR) is 159 cm³/mol. The number of carbonyl (C=O) groups is 2. The van der Waals surface area contributed by atoms with E-state index in [9.17, 15) is 9.59 Å². The van der Waals surface area contributed by atoms with Crippen LogP contribution >= 0.6 is 0 Å². The van der Waals surface area contributed by atoms with Crippen LogP contribution in [-0.2, 0) is 11.2 Å². The van der Waals surface area contributed by atoms with Gasteiger partial charge in [0, 0.05) is 11.4 Å². The molecular formula is C32H50N2O4. The number of benzene rings is 2. The molecule has 0 spiro atoms. The van der Waals surface area contributed by atoms with E-state index in [1.54, 1.807) is 30.3 Å². The third-order valence-electron chi connectivity index (χ3n) is 6.64. The van der Waals surface area contributed by atoms with Crippen molar-refractivity contribution < 1.29 is 19.4 Å². The fourth-order valence-electron chi connectivity index (χ4n) is 4.27. The predicted octanol–water partition coefficient (Wildman–Crippen LogP) is 8.44. The van der Waals surface area contributed by atoms with Crippen molar-refractivity contribution >= 4 is 23.3 Å². The molecule has 2 rings (SSSR count). The van der Waals surface area contributed by atoms with Gasteiger partial charge in [-0.25, -0.2) is 9.59 Å². The summed E-state index contributed by atoms with van der Waals surface area (Å²) < 4.78 is 5.22. The first-order chi connectivity index (χ1) is 18.4. The van der Waals surface area contributed by atoms with Crippen molar-refractivity contribution in [2.45, 2.75) is 110 Å². The number of anilines is 2. The summed E-state index contributed by atoms with van der Waals surface area (Å²) in [6.07, 6.45) is 18.1. The maximum Gasteiger partial charge on any atom is 0.340 e. The first-order valence-corrected chi connectivity index (χ1v) is 14.5. The first-order valence-electron chi connectivity index (χ1n) is 14.5. The van der Waals surface area contributed by atoms with Crippen molar-refractivity contribution in [2.24, 2.45) is 0 Å². The molecule has 6 heteroatoms. The molecule has 0 atom stereocenters. The van der Waals surface area contributed by atoms with Gasteiger partial charge in [0.05, 0.1) is 17.7 Å². The molecule has 0 amide bonds. The second kappa shape index (κ2) is 21.0. The van der Waals surface area contributed by atoms with E-state index in [1.165, 1.54) is 70.6 Å². The van der Waals surface area contributed by atoms with E-state index in [-0.39, 0.29) is 11.5 Å². The van der Waals surface area contributed by atoms with E-state index in [2.05, 4.69) is 13.8 Å². The molecule has 0 radical (unpaired) electrons. The number of carboxylic acid groups (broad SMARTS) is 1. The van der Waals surface area contributed by atoms with Crippen LogP contribution in [0.4, 0.5) is 11.4 Å². The Labute approximate surface area is 230 Å². The third kappa shape index (κ3) is 14.1. The van der Waals surface area contributed by atoms with Crippen LogP contribution in [0.2, 0.25) is 0 Å². The van der Waals surface area contributed by atoms with Gasteiger partial charge in [0.1, 0.15) is 0 Å². The molecular weight excluding hydrogens is 476 g/mol. The quantitative estimate of drug-likeness (QED) is 0.102. The molecule has 0 aliphatic rings. The first kappa shape index (κ1) is 33.0. The van der Waals surface area contributed by atoms with Gasteiger partial charge in [-0.15, -0.1) is 0 Å². The van der Waals surface area contributed by atoms with Crippen LogP contribution in [-0.4, -0.2) is 23.7 Å². The summed E-state index contributed by atoms with van der Waals surface area (Å²) in [5.41, 5.74) is 14.2. The zero-order valence-electron chi connectivity index (χ0n) is 23.7. The fourth-order valence-corrected chi connectivity index (χ4v) is 4.27. The highest BCUT2D eigenvalue weighted by Crippen LogP contribution is 2.20. The molecule has 0 fully saturated rings. The smallest absolute Gasteiger partial charge is 0.340 e. The number of rotatable bonds is 18. The largest absolute Gasteiger partial charge is 0.478 e. The van der Waals surface area contributed by atoms with Gasteiger partial charge in [0.15, 0.2) is 0 Å². The van der Waals surface area contributed by atoms with Gasteiger partial charge in [-0.1, -0.05) is 115 Å². The molecule has 2 aromatic carbocycles. The monoisotopic (exact) mass is 526 g/mol. The Kier molecular flexibility index (Phi) is 18.2. The topological polar surface area (TPSA) is 116 Å². The number of hydrogen-bond acceptors (Lipinski definition) is 5. The molecule has 0 aliphatic carbocycles. The molecule has 0 bridgehead atoms. The Hall–Kier alpha value is -3.02. The Bertz CT molecular complexity index is 929. The van der Waals surface area contributed by atoms with Crippen LogP contribution < -0.4 is 11.5 Å². The van der Waals surface area contributed by atoms with Crippen LogP contribution in [0, 0.1) is 0 Å². The van der Waals surface area contributed by atoms with Gasteiger partial charge >= 0.3 is 11.9 Å². The maximum absolute atomic E-state index is 11.7. The lowest BCUT2D eigenvalue weighted by molar-refractivity contribution is 0.0498. The van der Waals surface area contributed by atoms with Gasteiger partial charge in [0.2, 0.25) is 0 Å². The molecule has 2 aromatic rings. The van der Waals surface area contributed by atoms with Crippen molar-refractivity contribution in [1.29, 1.82) is 0 Å². The van der Waals surface area contributed by atoms with E-state index >= 15 is 0 Å². The highest BCUT2D eigenvalue weighted by atomic mass is 16.5. The Morgan fingerprint density at radius 2 is 1.21 bits per heavy atom. The minimum atomic E-state index is -0.945. The molecule has 0 unspecified atom stereocenters. The number of ether oxygens (including phenoxy) is 1. The van der Waals surface area contributed by atoms with E-state index in [0.717, 1.165) is 31.2 Å². The van der Waals surface area contributed by atoms with Crippen LogP contribution in [0.5, 0.6) is 0 Å². The lowest BCUT2D eigenvalue weighted by Crippen LogP contribution is -2.09. The van der Waals surface area contributed by atoms with E-state index in [0.29, 0.717) is 23.5 Å². The highest BCUT2D eigenvalue weighted by Gasteiger charge is 2.11. The summed E-state index contributed by atoms with van der Waals surface area (Å²) in [6.45, 7) is 4.92. The van der Waals surface area contributed by atoms with Crippen LogP contribution in [0.1, 0.15) is 130 Å². The van der Waals surface area contributed by atoms with Gasteiger partial charge in [-0.2, -0.15) is 0 Å². The van der Waals surface area contributed by atoms with Crippen LogP contribution in [0.3, 0.4) is 0 Å². The SMILES string of the molecule is CCCCCCCCCOC(=O)c1ccccc1N.CCCCCCCCCc1cccc(C(=O)O)c1N. The average Bonchev–Trinajstić information content (AvgIpc) is 2.91. The molecule has 0 aliphatic heterocycles. The van der Waals surface area contributed by atoms with Gasteiger partial charge in [-0.05, 0) is 43.0 Å². The molecule has 5 N–H and O–H groups in total. The van der Waals surface area contributed by atoms with Crippen molar-refractivity contribution in [3.05, 3.63) is 59.2 Å². The molecule has 0 aromatic heterocycles. The summed E-state index contributed by atoms with van der Waals surface area (Å²) in [6, 6.07) is 12.3. The molecule has 0 saturated heterocycles. The average molecular weight is 527 g/mol. The number of aryl methyl sites for hydroxylation is 1. The number of nitrogen functional groups attached to an aromatic ring is 2. The zero-order chi connectivity index (χ0) is 28.0. The number of hydrogen-bond donors (Lipinski definition) is 3. The minimum Gasteiger partial charge on any atom is -0.478 e. The highest BCUT2D eigenvalue weighted by molar-refractivity contribution is 5.95. The van der Waals surface area contributed by atoms with Crippen molar-refractivity contribution in [3.8, 4) is 0 Å². The summed E-state index contributed by atoms with van der Waals surface area (Å²) in [4.78, 5) is 22.7. The lowest BCUT2D eigenvalue weighted by Gasteiger charge is -2.08. The van der Waals surface area contributed by atoms with Crippen LogP contribution in [0.25, 0.3) is 0 Å². The Morgan fingerprint density at radius 3 is 1.79 bits per heavy atom. The second-order valence-corrected chi connectivity index (χ2v) is 9.90. The van der Waals surface area contributed by atoms with E-state index in [4.69, 9.17) is 21.3 Å². The third-order valence-corrected chi connectivity index (χ3v) is 6.64. The van der Waals surface area contributed by atoms with Crippen molar-refractivity contribution in [3.63, 3.8) is 0 Å². The fraction of sp³-hybridized carbons (Fsp3) is 0.562. The van der Waals surface area contributed by atoms with E-state index in [1.807, 2.05) is 12.1 Å². The number of para-hydroxylation sites is 2. The molecule has 0 heterocycles. The summed E-state index contributed by atoms with van der Waals surface area (Å²) >= 11 is 0. The zero-order valence-corrected chi connectivity index (χ0v) is 23.7. The van der Waals surface area contributed by atoms with Gasteiger partial charge in [0.25, 0.3) is 0 Å². The standard InChI is InChI=1S/2C16H25NO2/c1-2-3-4-5-6-7-10-13-19-16(18)14-11-8-9-12-15(14)17;1-2-3-4-5-6-7-8-10-13-11-9-12-14(15(13)17)16(18)19/h8-9,11-12H,2-7,10,13,17H2,1H3;9,11-12H,2-8,10,17H2,1H3,(H,18,19). The van der Waals surface area contributed by atoms with Crippen molar-refractivity contribution in [1.82, 2.24) is 0 Å². The van der Waals surface area contributed by atoms with E-state index < -0.39 is 5.97 Å². The van der Waals surface area contributed by atoms with Gasteiger partial charge in [-0.3, -0.25) is 0 Å². The number of aromatic carboxylic acids is 1. The number of unbranched alkanes of at least 4 members (excludes halogenated alkanes) is 12. The maximum atomic E-state index is 11.7. The summed E-state index contributed by atoms with van der Waals surface area (Å²) in [5.74, 6) is -1.26. The summed E-state index contributed by atoms with van der Waals surface area (Å²) in [7, 11) is 0. The van der Waals surface area contributed by atoms with Crippen LogP contribution in [0.15, 0.2) is 42.5 Å². The Balaban J connectivity index is 0.000000380. The second-order valence-electron chi connectivity index (χ2n) is 9.90. The number of nitrogens with two attached hydrogens (primary N) is 2. The molecule has 6 nitrogen and oxygen atoms in total. The summed E-state index contributed by atoms with van der Waals surface area (Å²) in [5, 5.41) is 9.00. The molecule has 212 valence electrons. The molecule has 38 heavy (non-hydrogen) atoms. The number of carboxylic acids is 1. The number of carbonyl (C=O) groups excluding carboxylic acids is 1. The van der Waals surface area contributed by atoms with Gasteiger partial charge < -0.3 is 21.3 Å². The number of esters is 1. The minimum absolute atomic E-state index is 0.223. The molecule has 0 saturated carbocycles. The van der Waals surface area contributed by atoms with Crippen molar-refractivity contribution in [2.75, 3.05) is 18.1 Å². The Morgan fingerprint density at radius 1 is 0.684 bits per heavy atom. The normalized spacial score (nSPS) is 10.5. The lowest BCUT2D eigenvalue weighted by atomic mass is 10.0.